The van der Waals surface area contributed by atoms with Crippen molar-refractivity contribution < 1.29 is 15.0 Å². The fourth-order valence-corrected chi connectivity index (χ4v) is 9.38. The average molecular weight is 364 g/mol. The van der Waals surface area contributed by atoms with Gasteiger partial charge in [-0.2, -0.15) is 0 Å². The zero-order chi connectivity index (χ0) is 16.4. The molecule has 0 bridgehead atoms. The topological polar surface area (TPSA) is 0 Å². The molecule has 0 N–H and O–H groups in total. The van der Waals surface area contributed by atoms with Crippen LogP contribution in [0.2, 0.25) is 0 Å². The van der Waals surface area contributed by atoms with E-state index in [1.165, 1.54) is 32.6 Å². The second-order valence-corrected chi connectivity index (χ2v) is 11.1. The van der Waals surface area contributed by atoms with E-state index in [9.17, 15) is 0 Å². The molecule has 0 heterocycles. The Morgan fingerprint density at radius 1 is 0.522 bits per heavy atom. The monoisotopic (exact) mass is 363 g/mol. The third kappa shape index (κ3) is 2.89. The van der Waals surface area contributed by atoms with Crippen molar-refractivity contribution in [3.05, 3.63) is 89.5 Å². The molecule has 0 saturated heterocycles. The van der Waals surface area contributed by atoms with Gasteiger partial charge in [0.25, 0.3) is 0 Å². The van der Waals surface area contributed by atoms with E-state index in [2.05, 4.69) is 93.6 Å². The molecule has 0 aliphatic rings. The summed E-state index contributed by atoms with van der Waals surface area (Å²) in [5.74, 6) is 0. The molecule has 2 heteroatoms. The van der Waals surface area contributed by atoms with Crippen LogP contribution in [-0.4, -0.2) is 0 Å². The molecule has 0 unspecified atom stereocenters. The van der Waals surface area contributed by atoms with Crippen LogP contribution in [0.4, 0.5) is 0 Å². The molecular formula is C21H22NiP. The summed E-state index contributed by atoms with van der Waals surface area (Å²) in [7, 11) is 0. The molecule has 0 saturated carbocycles. The molecule has 0 aliphatic carbocycles. The first-order chi connectivity index (χ1) is 11.0. The number of hydrogen-bond donors (Lipinski definition) is 0. The predicted molar refractivity (Wildman–Crippen MR) is 101 cm³/mol. The van der Waals surface area contributed by atoms with Crippen molar-refractivity contribution in [3.8, 4) is 0 Å². The minimum atomic E-state index is -2.39. The molecule has 0 amide bonds. The molecule has 23 heavy (non-hydrogen) atoms. The van der Waals surface area contributed by atoms with Gasteiger partial charge < -0.3 is 0 Å². The van der Waals surface area contributed by atoms with E-state index < -0.39 is 6.04 Å². The summed E-state index contributed by atoms with van der Waals surface area (Å²) in [5.41, 5.74) is 3.91. The molecule has 3 aromatic rings. The molecule has 0 aromatic heterocycles. The first-order valence-corrected chi connectivity index (χ1v) is 11.2. The van der Waals surface area contributed by atoms with Gasteiger partial charge in [0.15, 0.2) is 0 Å². The van der Waals surface area contributed by atoms with Gasteiger partial charge in [0.1, 0.15) is 0 Å². The van der Waals surface area contributed by atoms with Crippen molar-refractivity contribution in [1.29, 1.82) is 0 Å². The van der Waals surface area contributed by atoms with Crippen LogP contribution in [-0.2, 0) is 15.0 Å². The van der Waals surface area contributed by atoms with Crippen LogP contribution in [0.15, 0.2) is 72.8 Å². The van der Waals surface area contributed by atoms with E-state index in [0.29, 0.717) is 0 Å². The van der Waals surface area contributed by atoms with Crippen LogP contribution < -0.4 is 15.9 Å². The molecule has 3 rings (SSSR count). The second-order valence-electron chi connectivity index (χ2n) is 6.06. The summed E-state index contributed by atoms with van der Waals surface area (Å²) in [6.07, 6.45) is 0. The summed E-state index contributed by atoms with van der Waals surface area (Å²) in [5, 5.41) is 4.05. The minimum absolute atomic E-state index is 1.30. The summed E-state index contributed by atoms with van der Waals surface area (Å²) in [6.45, 7) is 6.56. The number of hydrogen-bond acceptors (Lipinski definition) is 0. The van der Waals surface area contributed by atoms with Crippen molar-refractivity contribution in [1.82, 2.24) is 0 Å². The second kappa shape index (κ2) is 6.60. The van der Waals surface area contributed by atoms with Crippen LogP contribution in [0.1, 0.15) is 16.7 Å². The zero-order valence-electron chi connectivity index (χ0n) is 13.7. The Kier molecular flexibility index (Phi) is 4.72. The summed E-state index contributed by atoms with van der Waals surface area (Å²) >= 11 is 6.10. The number of benzene rings is 3. The van der Waals surface area contributed by atoms with Crippen LogP contribution in [0.5, 0.6) is 0 Å². The van der Waals surface area contributed by atoms with Crippen molar-refractivity contribution in [2.45, 2.75) is 20.8 Å². The van der Waals surface area contributed by atoms with Crippen LogP contribution >= 0.6 is 6.04 Å². The maximum absolute atomic E-state index is 6.10. The fraction of sp³-hybridized carbons (Fsp3) is 0.143. The van der Waals surface area contributed by atoms with Gasteiger partial charge in [-0.15, -0.1) is 0 Å². The van der Waals surface area contributed by atoms with Crippen LogP contribution in [0, 0.1) is 20.8 Å². The average Bonchev–Trinajstić information content (AvgIpc) is 2.55. The molecular weight excluding hydrogens is 342 g/mol. The van der Waals surface area contributed by atoms with Gasteiger partial charge in [-0.1, -0.05) is 0 Å². The van der Waals surface area contributed by atoms with E-state index in [1.807, 2.05) is 0 Å². The van der Waals surface area contributed by atoms with Crippen molar-refractivity contribution >= 4 is 22.0 Å². The molecule has 0 fully saturated rings. The fourth-order valence-electron chi connectivity index (χ4n) is 3.26. The Hall–Kier alpha value is -1.42. The van der Waals surface area contributed by atoms with Gasteiger partial charge in [0.2, 0.25) is 0 Å². The maximum atomic E-state index is 6.10. The third-order valence-electron chi connectivity index (χ3n) is 4.50. The Morgan fingerprint density at radius 3 is 1.04 bits per heavy atom. The standard InChI is InChI=1S/C21H21P.Ni/c1-16-10-4-7-13-19(16)22(20-14-8-5-11-17(20)2)21-15-9-6-12-18(21)3;/h4-15H,1-3H3;/q;-1/p+1. The molecule has 0 radical (unpaired) electrons. The first kappa shape index (κ1) is 16.4. The number of rotatable bonds is 3. The quantitative estimate of drug-likeness (QED) is 0.485. The number of aryl methyl sites for hydroxylation is 3. The summed E-state index contributed by atoms with van der Waals surface area (Å²) < 4.78 is 0. The molecule has 0 aliphatic heterocycles. The van der Waals surface area contributed by atoms with Crippen LogP contribution in [0.25, 0.3) is 0 Å². The van der Waals surface area contributed by atoms with Gasteiger partial charge in [0.05, 0.1) is 0 Å². The van der Waals surface area contributed by atoms with Gasteiger partial charge in [-0.25, -0.2) is 0 Å². The van der Waals surface area contributed by atoms with E-state index in [-0.39, 0.29) is 0 Å². The Balaban J connectivity index is 2.38. The van der Waals surface area contributed by atoms with Gasteiger partial charge >= 0.3 is 147 Å². The molecule has 121 valence electrons. The van der Waals surface area contributed by atoms with Gasteiger partial charge in [0, 0.05) is 0 Å². The van der Waals surface area contributed by atoms with Gasteiger partial charge in [-0.3, -0.25) is 0 Å². The normalized spacial score (nSPS) is 12.2. The van der Waals surface area contributed by atoms with Crippen LogP contribution in [0.3, 0.4) is 0 Å². The summed E-state index contributed by atoms with van der Waals surface area (Å²) in [6, 6.07) is 23.6. The third-order valence-corrected chi connectivity index (χ3v) is 10.7. The van der Waals surface area contributed by atoms with E-state index >= 15 is 0 Å². The Morgan fingerprint density at radius 2 is 0.783 bits per heavy atom. The molecule has 0 spiro atoms. The molecule has 0 atom stereocenters. The Labute approximate surface area is 147 Å². The molecule has 3 aromatic carbocycles. The zero-order valence-corrected chi connectivity index (χ0v) is 15.7. The van der Waals surface area contributed by atoms with Crippen molar-refractivity contribution in [3.63, 3.8) is 0 Å². The van der Waals surface area contributed by atoms with Crippen molar-refractivity contribution in [2.75, 3.05) is 0 Å². The Bertz CT molecular complexity index is 728. The van der Waals surface area contributed by atoms with E-state index in [4.69, 9.17) is 15.0 Å². The van der Waals surface area contributed by atoms with E-state index in [0.717, 1.165) is 0 Å². The van der Waals surface area contributed by atoms with Gasteiger partial charge in [-0.05, 0) is 0 Å². The summed E-state index contributed by atoms with van der Waals surface area (Å²) in [4.78, 5) is 0. The SMILES string of the molecule is Cc1ccccc1[PH]([Ni])(c1ccccc1C)c1ccccc1C. The van der Waals surface area contributed by atoms with E-state index in [1.54, 1.807) is 0 Å². The molecule has 0 nitrogen and oxygen atoms in total. The predicted octanol–water partition coefficient (Wildman–Crippen LogP) is 4.10. The first-order valence-electron chi connectivity index (χ1n) is 7.89. The van der Waals surface area contributed by atoms with Crippen molar-refractivity contribution in [2.24, 2.45) is 0 Å².